The van der Waals surface area contributed by atoms with Crippen LogP contribution in [0.3, 0.4) is 0 Å². The summed E-state index contributed by atoms with van der Waals surface area (Å²) in [6.45, 7) is 3.12. The van der Waals surface area contributed by atoms with Crippen molar-refractivity contribution in [1.29, 1.82) is 0 Å². The molecule has 0 aliphatic carbocycles. The molecule has 3 rings (SSSR count). The number of morpholine rings is 1. The van der Waals surface area contributed by atoms with Crippen molar-refractivity contribution in [2.45, 2.75) is 19.1 Å². The number of pyridine rings is 1. The number of ether oxygens (including phenoxy) is 1. The average molecular weight is 303 g/mol. The third-order valence-corrected chi connectivity index (χ3v) is 4.06. The van der Waals surface area contributed by atoms with Gasteiger partial charge < -0.3 is 9.64 Å². The zero-order chi connectivity index (χ0) is 14.7. The number of hydrogen-bond acceptors (Lipinski definition) is 4. The Labute approximate surface area is 127 Å². The molecule has 110 valence electrons. The Hall–Kier alpha value is -1.92. The van der Waals surface area contributed by atoms with Crippen LogP contribution in [0.2, 0.25) is 0 Å². The Bertz CT molecular complexity index is 588. The summed E-state index contributed by atoms with van der Waals surface area (Å²) in [5.74, 6) is 0.564. The van der Waals surface area contributed by atoms with E-state index in [2.05, 4.69) is 15.7 Å². The first-order valence-electron chi connectivity index (χ1n) is 6.87. The lowest BCUT2D eigenvalue weighted by Gasteiger charge is -2.36. The Morgan fingerprint density at radius 2 is 2.33 bits per heavy atom. The summed E-state index contributed by atoms with van der Waals surface area (Å²) in [6, 6.07) is 7.35. The summed E-state index contributed by atoms with van der Waals surface area (Å²) in [7, 11) is 0. The number of thiophene rings is 1. The van der Waals surface area contributed by atoms with Gasteiger partial charge in [0.1, 0.15) is 11.9 Å². The van der Waals surface area contributed by atoms with Crippen LogP contribution in [-0.2, 0) is 4.74 Å². The lowest BCUT2D eigenvalue weighted by Crippen LogP contribution is -2.47. The van der Waals surface area contributed by atoms with Gasteiger partial charge in [-0.3, -0.25) is 5.32 Å². The van der Waals surface area contributed by atoms with Crippen LogP contribution in [0.15, 0.2) is 41.2 Å². The largest absolute Gasteiger partial charge is 0.367 e. The van der Waals surface area contributed by atoms with E-state index in [-0.39, 0.29) is 18.2 Å². The minimum absolute atomic E-state index is 0.0122. The van der Waals surface area contributed by atoms with E-state index in [9.17, 15) is 4.79 Å². The maximum Gasteiger partial charge on any atom is 0.323 e. The van der Waals surface area contributed by atoms with Crippen LogP contribution in [0.25, 0.3) is 0 Å². The summed E-state index contributed by atoms with van der Waals surface area (Å²) in [6.07, 6.45) is 1.61. The minimum atomic E-state index is -0.135. The molecule has 0 unspecified atom stereocenters. The van der Waals surface area contributed by atoms with Gasteiger partial charge in [-0.25, -0.2) is 9.78 Å². The van der Waals surface area contributed by atoms with Crippen LogP contribution in [0, 0.1) is 0 Å². The van der Waals surface area contributed by atoms with E-state index in [1.54, 1.807) is 28.5 Å². The highest BCUT2D eigenvalue weighted by molar-refractivity contribution is 7.07. The quantitative estimate of drug-likeness (QED) is 0.927. The van der Waals surface area contributed by atoms with E-state index in [4.69, 9.17) is 4.74 Å². The fourth-order valence-electron chi connectivity index (χ4n) is 2.38. The highest BCUT2D eigenvalue weighted by Gasteiger charge is 2.29. The highest BCUT2D eigenvalue weighted by atomic mass is 32.1. The number of carbonyl (C=O) groups is 1. The van der Waals surface area contributed by atoms with Crippen LogP contribution in [0.4, 0.5) is 10.6 Å². The second-order valence-electron chi connectivity index (χ2n) is 5.04. The van der Waals surface area contributed by atoms with Gasteiger partial charge in [0.05, 0.1) is 12.6 Å². The molecule has 0 saturated carbocycles. The van der Waals surface area contributed by atoms with E-state index in [0.29, 0.717) is 18.9 Å². The molecule has 2 aromatic heterocycles. The number of nitrogens with zero attached hydrogens (tertiary/aromatic N) is 2. The first-order valence-corrected chi connectivity index (χ1v) is 7.81. The monoisotopic (exact) mass is 303 g/mol. The number of amides is 2. The first kappa shape index (κ1) is 14.0. The fraction of sp³-hybridized carbons (Fsp3) is 0.333. The van der Waals surface area contributed by atoms with Gasteiger partial charge in [-0.2, -0.15) is 11.3 Å². The van der Waals surface area contributed by atoms with E-state index < -0.39 is 0 Å². The molecule has 0 spiro atoms. The number of carbonyl (C=O) groups excluding carboxylic acids is 1. The van der Waals surface area contributed by atoms with E-state index in [1.165, 1.54) is 0 Å². The third-order valence-electron chi connectivity index (χ3n) is 3.36. The molecule has 3 heterocycles. The van der Waals surface area contributed by atoms with Gasteiger partial charge in [-0.05, 0) is 41.4 Å². The van der Waals surface area contributed by atoms with E-state index in [0.717, 1.165) is 5.56 Å². The molecule has 6 heteroatoms. The van der Waals surface area contributed by atoms with Crippen molar-refractivity contribution < 1.29 is 9.53 Å². The van der Waals surface area contributed by atoms with Crippen molar-refractivity contribution in [3.63, 3.8) is 0 Å². The molecular formula is C15H17N3O2S. The summed E-state index contributed by atoms with van der Waals surface area (Å²) < 4.78 is 5.93. The molecule has 1 saturated heterocycles. The Morgan fingerprint density at radius 1 is 1.43 bits per heavy atom. The second-order valence-corrected chi connectivity index (χ2v) is 5.82. The first-order chi connectivity index (χ1) is 10.2. The number of rotatable bonds is 2. The molecule has 2 aromatic rings. The number of hydrogen-bond donors (Lipinski definition) is 1. The van der Waals surface area contributed by atoms with Gasteiger partial charge in [0.2, 0.25) is 0 Å². The molecular weight excluding hydrogens is 286 g/mol. The molecule has 2 amide bonds. The van der Waals surface area contributed by atoms with Crippen LogP contribution in [0.5, 0.6) is 0 Å². The molecule has 1 N–H and O–H groups in total. The third kappa shape index (κ3) is 3.40. The Morgan fingerprint density at radius 3 is 3.05 bits per heavy atom. The SMILES string of the molecule is C[C@H]1CN(C(=O)Nc2ccccn2)C[C@@H](c2ccsc2)O1. The van der Waals surface area contributed by atoms with E-state index >= 15 is 0 Å². The maximum atomic E-state index is 12.4. The zero-order valence-electron chi connectivity index (χ0n) is 11.7. The standard InChI is InChI=1S/C15H17N3O2S/c1-11-8-18(9-13(20-11)12-5-7-21-10-12)15(19)17-14-4-2-3-6-16-14/h2-7,10-11,13H,8-9H2,1H3,(H,16,17,19)/t11-,13-/m0/s1. The molecule has 1 fully saturated rings. The van der Waals surface area contributed by atoms with Crippen molar-refractivity contribution >= 4 is 23.2 Å². The van der Waals surface area contributed by atoms with Crippen molar-refractivity contribution in [2.75, 3.05) is 18.4 Å². The maximum absolute atomic E-state index is 12.4. The van der Waals surface area contributed by atoms with Gasteiger partial charge in [0, 0.05) is 12.7 Å². The lowest BCUT2D eigenvalue weighted by atomic mass is 10.1. The molecule has 1 aliphatic rings. The molecule has 21 heavy (non-hydrogen) atoms. The van der Waals surface area contributed by atoms with Gasteiger partial charge in [0.15, 0.2) is 0 Å². The molecule has 2 atom stereocenters. The van der Waals surface area contributed by atoms with E-state index in [1.807, 2.05) is 30.5 Å². The number of anilines is 1. The molecule has 0 radical (unpaired) electrons. The van der Waals surface area contributed by atoms with Gasteiger partial charge in [-0.1, -0.05) is 6.07 Å². The summed E-state index contributed by atoms with van der Waals surface area (Å²) in [5.41, 5.74) is 1.13. The summed E-state index contributed by atoms with van der Waals surface area (Å²) >= 11 is 1.64. The number of nitrogens with one attached hydrogen (secondary N) is 1. The van der Waals surface area contributed by atoms with Crippen molar-refractivity contribution in [2.24, 2.45) is 0 Å². The topological polar surface area (TPSA) is 54.5 Å². The normalized spacial score (nSPS) is 22.0. The van der Waals surface area contributed by atoms with Crippen molar-refractivity contribution in [3.05, 3.63) is 46.8 Å². The Balaban J connectivity index is 1.68. The molecule has 1 aliphatic heterocycles. The number of urea groups is 1. The van der Waals surface area contributed by atoms with Crippen LogP contribution >= 0.6 is 11.3 Å². The zero-order valence-corrected chi connectivity index (χ0v) is 12.5. The predicted molar refractivity (Wildman–Crippen MR) is 82.4 cm³/mol. The highest BCUT2D eigenvalue weighted by Crippen LogP contribution is 2.27. The van der Waals surface area contributed by atoms with Crippen LogP contribution in [-0.4, -0.2) is 35.1 Å². The van der Waals surface area contributed by atoms with Gasteiger partial charge in [-0.15, -0.1) is 0 Å². The predicted octanol–water partition coefficient (Wildman–Crippen LogP) is 3.14. The van der Waals surface area contributed by atoms with Crippen molar-refractivity contribution in [1.82, 2.24) is 9.88 Å². The Kier molecular flexibility index (Phi) is 4.17. The summed E-state index contributed by atoms with van der Waals surface area (Å²) in [5, 5.41) is 6.91. The smallest absolute Gasteiger partial charge is 0.323 e. The van der Waals surface area contributed by atoms with Crippen molar-refractivity contribution in [3.8, 4) is 0 Å². The molecule has 0 aromatic carbocycles. The average Bonchev–Trinajstić information content (AvgIpc) is 3.02. The number of aromatic nitrogens is 1. The van der Waals surface area contributed by atoms with Crippen LogP contribution < -0.4 is 5.32 Å². The summed E-state index contributed by atoms with van der Waals surface area (Å²) in [4.78, 5) is 18.2. The van der Waals surface area contributed by atoms with Gasteiger partial charge >= 0.3 is 6.03 Å². The fourth-order valence-corrected chi connectivity index (χ4v) is 3.09. The molecule has 5 nitrogen and oxygen atoms in total. The second kappa shape index (κ2) is 6.24. The molecule has 0 bridgehead atoms. The van der Waals surface area contributed by atoms with Crippen LogP contribution in [0.1, 0.15) is 18.6 Å². The van der Waals surface area contributed by atoms with Gasteiger partial charge in [0.25, 0.3) is 0 Å². The lowest BCUT2D eigenvalue weighted by molar-refractivity contribution is -0.0641. The minimum Gasteiger partial charge on any atom is -0.367 e.